The Morgan fingerprint density at radius 1 is 1.00 bits per heavy atom. The van der Waals surface area contributed by atoms with Gasteiger partial charge in [0, 0.05) is 12.8 Å². The van der Waals surface area contributed by atoms with Gasteiger partial charge in [0.1, 0.15) is 5.75 Å². The quantitative estimate of drug-likeness (QED) is 0.268. The molecule has 0 saturated heterocycles. The third kappa shape index (κ3) is 4.91. The molecule has 21 heavy (non-hydrogen) atoms. The van der Waals surface area contributed by atoms with Crippen molar-refractivity contribution in [3.8, 4) is 5.75 Å². The molecule has 4 nitrogen and oxygen atoms in total. The molecule has 0 aliphatic carbocycles. The molecule has 0 aliphatic rings. The Morgan fingerprint density at radius 2 is 1.71 bits per heavy atom. The minimum atomic E-state index is -0.215. The summed E-state index contributed by atoms with van der Waals surface area (Å²) in [4.78, 5) is 11.8. The van der Waals surface area contributed by atoms with E-state index in [-0.39, 0.29) is 11.8 Å². The van der Waals surface area contributed by atoms with Crippen molar-refractivity contribution in [2.75, 3.05) is 0 Å². The van der Waals surface area contributed by atoms with E-state index in [9.17, 15) is 4.79 Å². The Kier molecular flexibility index (Phi) is 5.32. The van der Waals surface area contributed by atoms with Gasteiger partial charge in [-0.3, -0.25) is 10.2 Å². The number of ether oxygens (including phenoxy) is 1. The average Bonchev–Trinajstić information content (AvgIpc) is 2.46. The number of rotatable bonds is 7. The zero-order chi connectivity index (χ0) is 15.1. The third-order valence-corrected chi connectivity index (χ3v) is 3.28. The van der Waals surface area contributed by atoms with Gasteiger partial charge in [-0.05, 0) is 35.7 Å². The molecule has 0 heterocycles. The van der Waals surface area contributed by atoms with Gasteiger partial charge in [-0.15, -0.1) is 0 Å². The van der Waals surface area contributed by atoms with Crippen LogP contribution in [0.5, 0.6) is 5.75 Å². The van der Waals surface area contributed by atoms with Gasteiger partial charge in [0.2, 0.25) is 0 Å². The molecule has 0 bridgehead atoms. The van der Waals surface area contributed by atoms with E-state index in [2.05, 4.69) is 0 Å². The predicted octanol–water partition coefficient (Wildman–Crippen LogP) is 3.63. The van der Waals surface area contributed by atoms with Crippen molar-refractivity contribution in [2.45, 2.75) is 32.1 Å². The van der Waals surface area contributed by atoms with Crippen LogP contribution in [-0.2, 0) is 4.79 Å². The smallest absolute Gasteiger partial charge is 0.311 e. The number of fused-ring (bicyclic) bond motifs is 1. The molecule has 0 atom stereocenters. The summed E-state index contributed by atoms with van der Waals surface area (Å²) in [7, 11) is 0. The first-order valence-electron chi connectivity index (χ1n) is 7.17. The fourth-order valence-electron chi connectivity index (χ4n) is 2.17. The van der Waals surface area contributed by atoms with Crippen molar-refractivity contribution in [2.24, 2.45) is 5.73 Å². The highest BCUT2D eigenvalue weighted by Gasteiger charge is 2.05. The van der Waals surface area contributed by atoms with Gasteiger partial charge in [-0.25, -0.2) is 0 Å². The molecule has 0 aromatic heterocycles. The van der Waals surface area contributed by atoms with E-state index in [4.69, 9.17) is 15.9 Å². The van der Waals surface area contributed by atoms with Crippen molar-refractivity contribution in [1.82, 2.24) is 0 Å². The van der Waals surface area contributed by atoms with E-state index in [0.29, 0.717) is 18.6 Å². The SMILES string of the molecule is N=C(N)CCCCCC(=O)Oc1ccc2ccccc2c1. The number of amidine groups is 1. The Bertz CT molecular complexity index is 637. The van der Waals surface area contributed by atoms with Crippen molar-refractivity contribution in [3.05, 3.63) is 42.5 Å². The lowest BCUT2D eigenvalue weighted by molar-refractivity contribution is -0.134. The number of nitrogens with two attached hydrogens (primary N) is 1. The maximum atomic E-state index is 11.8. The van der Waals surface area contributed by atoms with Crippen molar-refractivity contribution >= 4 is 22.6 Å². The molecule has 0 fully saturated rings. The van der Waals surface area contributed by atoms with Crippen LogP contribution in [0.2, 0.25) is 0 Å². The first kappa shape index (κ1) is 15.0. The Hall–Kier alpha value is -2.36. The molecule has 0 amide bonds. The number of nitrogens with one attached hydrogen (secondary N) is 1. The first-order valence-corrected chi connectivity index (χ1v) is 7.17. The summed E-state index contributed by atoms with van der Waals surface area (Å²) in [5.41, 5.74) is 5.27. The van der Waals surface area contributed by atoms with Crippen LogP contribution < -0.4 is 10.5 Å². The van der Waals surface area contributed by atoms with Gasteiger partial charge in [0.15, 0.2) is 0 Å². The Labute approximate surface area is 124 Å². The highest BCUT2D eigenvalue weighted by Crippen LogP contribution is 2.21. The van der Waals surface area contributed by atoms with Crippen LogP contribution in [0.1, 0.15) is 32.1 Å². The second-order valence-corrected chi connectivity index (χ2v) is 5.07. The molecular formula is C17H20N2O2. The van der Waals surface area contributed by atoms with E-state index in [1.165, 1.54) is 0 Å². The molecule has 0 unspecified atom stereocenters. The van der Waals surface area contributed by atoms with Crippen LogP contribution in [-0.4, -0.2) is 11.8 Å². The number of unbranched alkanes of at least 4 members (excludes halogenated alkanes) is 2. The fraction of sp³-hybridized carbons (Fsp3) is 0.294. The molecule has 2 aromatic carbocycles. The topological polar surface area (TPSA) is 76.2 Å². The average molecular weight is 284 g/mol. The monoisotopic (exact) mass is 284 g/mol. The predicted molar refractivity (Wildman–Crippen MR) is 84.6 cm³/mol. The maximum absolute atomic E-state index is 11.8. The largest absolute Gasteiger partial charge is 0.427 e. The minimum Gasteiger partial charge on any atom is -0.427 e. The van der Waals surface area contributed by atoms with Crippen LogP contribution in [0.15, 0.2) is 42.5 Å². The van der Waals surface area contributed by atoms with Crippen molar-refractivity contribution in [1.29, 1.82) is 5.41 Å². The number of hydrogen-bond acceptors (Lipinski definition) is 3. The zero-order valence-electron chi connectivity index (χ0n) is 12.0. The molecule has 0 radical (unpaired) electrons. The van der Waals surface area contributed by atoms with Crippen LogP contribution in [0.3, 0.4) is 0 Å². The molecule has 110 valence electrons. The summed E-state index contributed by atoms with van der Waals surface area (Å²) in [6.45, 7) is 0. The molecule has 4 heteroatoms. The van der Waals surface area contributed by atoms with Crippen LogP contribution in [0, 0.1) is 5.41 Å². The van der Waals surface area contributed by atoms with Gasteiger partial charge < -0.3 is 10.5 Å². The number of esters is 1. The van der Waals surface area contributed by atoms with Crippen molar-refractivity contribution < 1.29 is 9.53 Å². The molecule has 0 aliphatic heterocycles. The lowest BCUT2D eigenvalue weighted by Crippen LogP contribution is -2.09. The molecule has 0 saturated carbocycles. The second kappa shape index (κ2) is 7.43. The van der Waals surface area contributed by atoms with Crippen LogP contribution in [0.25, 0.3) is 10.8 Å². The summed E-state index contributed by atoms with van der Waals surface area (Å²) < 4.78 is 5.34. The van der Waals surface area contributed by atoms with Crippen LogP contribution >= 0.6 is 0 Å². The fourth-order valence-corrected chi connectivity index (χ4v) is 2.17. The van der Waals surface area contributed by atoms with Gasteiger partial charge in [-0.1, -0.05) is 36.8 Å². The molecule has 2 aromatic rings. The van der Waals surface area contributed by atoms with Gasteiger partial charge in [0.05, 0.1) is 5.84 Å². The lowest BCUT2D eigenvalue weighted by Gasteiger charge is -2.06. The van der Waals surface area contributed by atoms with Gasteiger partial charge in [-0.2, -0.15) is 0 Å². The van der Waals surface area contributed by atoms with E-state index in [1.807, 2.05) is 42.5 Å². The van der Waals surface area contributed by atoms with Crippen molar-refractivity contribution in [3.63, 3.8) is 0 Å². The minimum absolute atomic E-state index is 0.203. The van der Waals surface area contributed by atoms with Gasteiger partial charge in [0.25, 0.3) is 0 Å². The van der Waals surface area contributed by atoms with E-state index >= 15 is 0 Å². The maximum Gasteiger partial charge on any atom is 0.311 e. The molecule has 3 N–H and O–H groups in total. The van der Waals surface area contributed by atoms with E-state index in [1.54, 1.807) is 0 Å². The second-order valence-electron chi connectivity index (χ2n) is 5.07. The zero-order valence-corrected chi connectivity index (χ0v) is 12.0. The first-order chi connectivity index (χ1) is 10.1. The lowest BCUT2D eigenvalue weighted by atomic mass is 10.1. The summed E-state index contributed by atoms with van der Waals surface area (Å²) in [5.74, 6) is 0.573. The number of carbonyl (C=O) groups excluding carboxylic acids is 1. The Morgan fingerprint density at radius 3 is 2.48 bits per heavy atom. The summed E-state index contributed by atoms with van der Waals surface area (Å²) in [5, 5.41) is 9.30. The standard InChI is InChI=1S/C17H20N2O2/c18-16(19)8-2-1-3-9-17(20)21-15-11-10-13-6-4-5-7-14(13)12-15/h4-7,10-12H,1-3,8-9H2,(H3,18,19). The van der Waals surface area contributed by atoms with E-state index < -0.39 is 0 Å². The van der Waals surface area contributed by atoms with E-state index in [0.717, 1.165) is 30.0 Å². The molecule has 2 rings (SSSR count). The molecule has 0 spiro atoms. The van der Waals surface area contributed by atoms with Gasteiger partial charge >= 0.3 is 5.97 Å². The number of benzene rings is 2. The number of hydrogen-bond donors (Lipinski definition) is 2. The highest BCUT2D eigenvalue weighted by atomic mass is 16.5. The Balaban J connectivity index is 1.80. The molecular weight excluding hydrogens is 264 g/mol. The summed E-state index contributed by atoms with van der Waals surface area (Å²) in [6.07, 6.45) is 3.48. The highest BCUT2D eigenvalue weighted by molar-refractivity contribution is 5.84. The summed E-state index contributed by atoms with van der Waals surface area (Å²) >= 11 is 0. The summed E-state index contributed by atoms with van der Waals surface area (Å²) in [6, 6.07) is 13.6. The van der Waals surface area contributed by atoms with Crippen LogP contribution in [0.4, 0.5) is 0 Å². The normalized spacial score (nSPS) is 10.5. The number of carbonyl (C=O) groups is 1. The third-order valence-electron chi connectivity index (χ3n) is 3.28.